The highest BCUT2D eigenvalue weighted by Crippen LogP contribution is 2.41. The van der Waals surface area contributed by atoms with Gasteiger partial charge in [0, 0.05) is 18.5 Å². The molecule has 1 aromatic heterocycles. The van der Waals surface area contributed by atoms with Crippen molar-refractivity contribution in [3.05, 3.63) is 17.0 Å². The third kappa shape index (κ3) is 1.22. The molecule has 4 heteroatoms. The van der Waals surface area contributed by atoms with Crippen molar-refractivity contribution in [2.45, 2.75) is 25.7 Å². The van der Waals surface area contributed by atoms with Gasteiger partial charge in [0.05, 0.1) is 5.69 Å². The Bertz CT molecular complexity index is 363. The van der Waals surface area contributed by atoms with E-state index in [4.69, 9.17) is 5.73 Å². The van der Waals surface area contributed by atoms with Crippen LogP contribution in [0.3, 0.4) is 0 Å². The number of nitrogens with zero attached hydrogens (tertiary/aromatic N) is 2. The van der Waals surface area contributed by atoms with Crippen LogP contribution >= 0.6 is 0 Å². The maximum absolute atomic E-state index is 11.1. The summed E-state index contributed by atoms with van der Waals surface area (Å²) in [5, 5.41) is 4.31. The van der Waals surface area contributed by atoms with Gasteiger partial charge in [0.15, 0.2) is 0 Å². The lowest BCUT2D eigenvalue weighted by atomic mass is 10.1. The number of aryl methyl sites for hydroxylation is 1. The maximum atomic E-state index is 11.1. The molecule has 1 fully saturated rings. The highest BCUT2D eigenvalue weighted by molar-refractivity contribution is 5.92. The van der Waals surface area contributed by atoms with Gasteiger partial charge in [0.2, 0.25) is 0 Å². The van der Waals surface area contributed by atoms with Crippen LogP contribution < -0.4 is 5.73 Å². The Morgan fingerprint density at radius 3 is 2.62 bits per heavy atom. The van der Waals surface area contributed by atoms with Crippen molar-refractivity contribution in [2.24, 2.45) is 12.8 Å². The van der Waals surface area contributed by atoms with Crippen molar-refractivity contribution < 1.29 is 4.79 Å². The Hall–Kier alpha value is -1.32. The molecule has 1 heterocycles. The first-order valence-corrected chi connectivity index (χ1v) is 4.44. The molecule has 2 N–H and O–H groups in total. The number of primary amides is 1. The van der Waals surface area contributed by atoms with Gasteiger partial charge >= 0.3 is 0 Å². The van der Waals surface area contributed by atoms with Crippen LogP contribution in [0, 0.1) is 6.92 Å². The number of hydrogen-bond acceptors (Lipinski definition) is 2. The van der Waals surface area contributed by atoms with Crippen molar-refractivity contribution in [2.75, 3.05) is 0 Å². The molecule has 0 unspecified atom stereocenters. The minimum atomic E-state index is -0.389. The van der Waals surface area contributed by atoms with Crippen LogP contribution in [0.15, 0.2) is 0 Å². The van der Waals surface area contributed by atoms with E-state index in [1.165, 1.54) is 12.8 Å². The molecule has 0 aromatic carbocycles. The molecule has 0 aliphatic heterocycles. The van der Waals surface area contributed by atoms with Gasteiger partial charge in [-0.2, -0.15) is 5.10 Å². The number of carbonyl (C=O) groups is 1. The zero-order valence-electron chi connectivity index (χ0n) is 7.87. The monoisotopic (exact) mass is 179 g/mol. The second-order valence-corrected chi connectivity index (χ2v) is 3.62. The Balaban J connectivity index is 2.50. The molecule has 0 spiro atoms. The van der Waals surface area contributed by atoms with Crippen LogP contribution in [0.4, 0.5) is 0 Å². The number of hydrogen-bond donors (Lipinski definition) is 1. The molecule has 0 atom stereocenters. The van der Waals surface area contributed by atoms with Gasteiger partial charge in [-0.05, 0) is 19.8 Å². The van der Waals surface area contributed by atoms with E-state index < -0.39 is 0 Å². The minimum absolute atomic E-state index is 0.389. The Morgan fingerprint density at radius 2 is 2.23 bits per heavy atom. The summed E-state index contributed by atoms with van der Waals surface area (Å²) in [7, 11) is 1.76. The van der Waals surface area contributed by atoms with Gasteiger partial charge in [-0.15, -0.1) is 0 Å². The molecular weight excluding hydrogens is 166 g/mol. The van der Waals surface area contributed by atoms with Gasteiger partial charge in [-0.3, -0.25) is 9.48 Å². The van der Waals surface area contributed by atoms with Crippen molar-refractivity contribution >= 4 is 5.91 Å². The van der Waals surface area contributed by atoms with Crippen molar-refractivity contribution in [1.82, 2.24) is 9.78 Å². The standard InChI is InChI=1S/C9H13N3O/c1-5-7(6-3-4-6)11-12(2)8(5)9(10)13/h6H,3-4H2,1-2H3,(H2,10,13). The second kappa shape index (κ2) is 2.58. The van der Waals surface area contributed by atoms with E-state index in [1.807, 2.05) is 6.92 Å². The van der Waals surface area contributed by atoms with Crippen molar-refractivity contribution in [3.8, 4) is 0 Å². The van der Waals surface area contributed by atoms with E-state index in [1.54, 1.807) is 11.7 Å². The first-order chi connectivity index (χ1) is 6.11. The number of amides is 1. The highest BCUT2D eigenvalue weighted by Gasteiger charge is 2.30. The fourth-order valence-electron chi connectivity index (χ4n) is 1.74. The first-order valence-electron chi connectivity index (χ1n) is 4.44. The van der Waals surface area contributed by atoms with E-state index in [-0.39, 0.29) is 5.91 Å². The predicted molar refractivity (Wildman–Crippen MR) is 48.4 cm³/mol. The van der Waals surface area contributed by atoms with Crippen LogP contribution in [-0.4, -0.2) is 15.7 Å². The summed E-state index contributed by atoms with van der Waals surface area (Å²) in [6, 6.07) is 0. The quantitative estimate of drug-likeness (QED) is 0.726. The summed E-state index contributed by atoms with van der Waals surface area (Å²) >= 11 is 0. The average Bonchev–Trinajstić information content (AvgIpc) is 2.78. The maximum Gasteiger partial charge on any atom is 0.267 e. The molecule has 2 rings (SSSR count). The number of carbonyl (C=O) groups excluding carboxylic acids is 1. The minimum Gasteiger partial charge on any atom is -0.364 e. The molecule has 1 saturated carbocycles. The number of rotatable bonds is 2. The van der Waals surface area contributed by atoms with Crippen LogP contribution in [0.1, 0.15) is 40.5 Å². The Labute approximate surface area is 76.7 Å². The van der Waals surface area contributed by atoms with Crippen LogP contribution in [0.5, 0.6) is 0 Å². The van der Waals surface area contributed by atoms with E-state index >= 15 is 0 Å². The van der Waals surface area contributed by atoms with Crippen molar-refractivity contribution in [1.29, 1.82) is 0 Å². The molecule has 0 bridgehead atoms. The molecule has 4 nitrogen and oxygen atoms in total. The van der Waals surface area contributed by atoms with E-state index in [2.05, 4.69) is 5.10 Å². The zero-order chi connectivity index (χ0) is 9.59. The fraction of sp³-hybridized carbons (Fsp3) is 0.556. The molecule has 0 radical (unpaired) electrons. The van der Waals surface area contributed by atoms with Crippen LogP contribution in [-0.2, 0) is 7.05 Å². The van der Waals surface area contributed by atoms with Crippen LogP contribution in [0.25, 0.3) is 0 Å². The van der Waals surface area contributed by atoms with Gasteiger partial charge in [0.25, 0.3) is 5.91 Å². The van der Waals surface area contributed by atoms with Gasteiger partial charge in [-0.25, -0.2) is 0 Å². The van der Waals surface area contributed by atoms with E-state index in [0.717, 1.165) is 11.3 Å². The van der Waals surface area contributed by atoms with E-state index in [9.17, 15) is 4.79 Å². The third-order valence-corrected chi connectivity index (χ3v) is 2.52. The van der Waals surface area contributed by atoms with Crippen LogP contribution in [0.2, 0.25) is 0 Å². The summed E-state index contributed by atoms with van der Waals surface area (Å²) in [5.41, 5.74) is 7.80. The normalized spacial score (nSPS) is 16.2. The Kier molecular flexibility index (Phi) is 1.65. The molecule has 1 aromatic rings. The molecular formula is C9H13N3O. The molecule has 13 heavy (non-hydrogen) atoms. The summed E-state index contributed by atoms with van der Waals surface area (Å²) in [5.74, 6) is 0.179. The SMILES string of the molecule is Cc1c(C2CC2)nn(C)c1C(N)=O. The summed E-state index contributed by atoms with van der Waals surface area (Å²) < 4.78 is 1.59. The van der Waals surface area contributed by atoms with E-state index in [0.29, 0.717) is 11.6 Å². The smallest absolute Gasteiger partial charge is 0.267 e. The summed E-state index contributed by atoms with van der Waals surface area (Å²) in [4.78, 5) is 11.1. The lowest BCUT2D eigenvalue weighted by Gasteiger charge is -1.95. The topological polar surface area (TPSA) is 60.9 Å². The predicted octanol–water partition coefficient (Wildman–Crippen LogP) is 0.705. The highest BCUT2D eigenvalue weighted by atomic mass is 16.1. The largest absolute Gasteiger partial charge is 0.364 e. The molecule has 0 saturated heterocycles. The summed E-state index contributed by atoms with van der Waals surface area (Å²) in [6.45, 7) is 1.92. The van der Waals surface area contributed by atoms with Gasteiger partial charge in [0.1, 0.15) is 5.69 Å². The lowest BCUT2D eigenvalue weighted by molar-refractivity contribution is 0.0991. The fourth-order valence-corrected chi connectivity index (χ4v) is 1.74. The lowest BCUT2D eigenvalue weighted by Crippen LogP contribution is -2.16. The van der Waals surface area contributed by atoms with Gasteiger partial charge < -0.3 is 5.73 Å². The zero-order valence-corrected chi connectivity index (χ0v) is 7.87. The average molecular weight is 179 g/mol. The summed E-state index contributed by atoms with van der Waals surface area (Å²) in [6.07, 6.45) is 2.38. The molecule has 1 amide bonds. The first kappa shape index (κ1) is 8.29. The van der Waals surface area contributed by atoms with Crippen molar-refractivity contribution in [3.63, 3.8) is 0 Å². The molecule has 1 aliphatic carbocycles. The number of aromatic nitrogens is 2. The molecule has 1 aliphatic rings. The third-order valence-electron chi connectivity index (χ3n) is 2.52. The molecule has 70 valence electrons. The second-order valence-electron chi connectivity index (χ2n) is 3.62. The van der Waals surface area contributed by atoms with Gasteiger partial charge in [-0.1, -0.05) is 0 Å². The number of nitrogens with two attached hydrogens (primary N) is 1. The Morgan fingerprint density at radius 1 is 1.62 bits per heavy atom.